The maximum absolute atomic E-state index is 9.73. The van der Waals surface area contributed by atoms with Crippen LogP contribution in [0.5, 0.6) is 5.75 Å². The molecule has 2 heteroatoms. The van der Waals surface area contributed by atoms with E-state index in [4.69, 9.17) is 0 Å². The van der Waals surface area contributed by atoms with Crippen LogP contribution in [0.2, 0.25) is 0 Å². The molecule has 2 N–H and O–H groups in total. The van der Waals surface area contributed by atoms with E-state index in [2.05, 4.69) is 19.2 Å². The van der Waals surface area contributed by atoms with E-state index in [9.17, 15) is 5.11 Å². The van der Waals surface area contributed by atoms with Crippen molar-refractivity contribution in [3.05, 3.63) is 23.3 Å². The van der Waals surface area contributed by atoms with Gasteiger partial charge >= 0.3 is 0 Å². The summed E-state index contributed by atoms with van der Waals surface area (Å²) < 4.78 is 0. The molecule has 1 aromatic carbocycles. The van der Waals surface area contributed by atoms with Crippen LogP contribution in [-0.2, 0) is 6.42 Å². The Morgan fingerprint density at radius 2 is 2.21 bits per heavy atom. The number of aromatic hydroxyl groups is 1. The smallest absolute Gasteiger partial charge is 0.138 e. The predicted molar refractivity (Wildman–Crippen MR) is 58.8 cm³/mol. The van der Waals surface area contributed by atoms with Crippen LogP contribution in [0.15, 0.2) is 12.1 Å². The third-order valence-corrected chi connectivity index (χ3v) is 3.04. The molecule has 14 heavy (non-hydrogen) atoms. The molecular formula is C12H17NO. The number of phenols is 1. The third kappa shape index (κ3) is 1.57. The van der Waals surface area contributed by atoms with Crippen molar-refractivity contribution in [3.8, 4) is 5.75 Å². The van der Waals surface area contributed by atoms with Gasteiger partial charge in [-0.3, -0.25) is 0 Å². The number of phenolic OH excluding ortho intramolecular Hbond substituents is 1. The third-order valence-electron chi connectivity index (χ3n) is 3.04. The van der Waals surface area contributed by atoms with Crippen molar-refractivity contribution in [1.29, 1.82) is 0 Å². The normalized spacial score (nSPS) is 20.9. The molecule has 0 saturated heterocycles. The number of anilines is 1. The number of nitrogens with one attached hydrogen (secondary N) is 1. The van der Waals surface area contributed by atoms with Gasteiger partial charge in [-0.2, -0.15) is 0 Å². The van der Waals surface area contributed by atoms with Gasteiger partial charge in [-0.15, -0.1) is 0 Å². The van der Waals surface area contributed by atoms with Crippen LogP contribution in [0.25, 0.3) is 0 Å². The summed E-state index contributed by atoms with van der Waals surface area (Å²) in [6, 6.07) is 3.77. The van der Waals surface area contributed by atoms with E-state index in [0.29, 0.717) is 11.7 Å². The highest BCUT2D eigenvalue weighted by Gasteiger charge is 2.16. The number of fused-ring (bicyclic) bond motifs is 1. The van der Waals surface area contributed by atoms with Gasteiger partial charge in [0, 0.05) is 6.54 Å². The van der Waals surface area contributed by atoms with Crippen LogP contribution >= 0.6 is 0 Å². The minimum absolute atomic E-state index is 0.389. The highest BCUT2D eigenvalue weighted by Crippen LogP contribution is 2.33. The molecule has 0 aliphatic carbocycles. The molecule has 0 unspecified atom stereocenters. The Morgan fingerprint density at radius 1 is 1.43 bits per heavy atom. The summed E-state index contributed by atoms with van der Waals surface area (Å²) in [6.07, 6.45) is 2.27. The Bertz CT molecular complexity index is 313. The Hall–Kier alpha value is -1.18. The highest BCUT2D eigenvalue weighted by atomic mass is 16.3. The minimum atomic E-state index is 0.389. The van der Waals surface area contributed by atoms with Gasteiger partial charge in [0.15, 0.2) is 0 Å². The molecule has 0 bridgehead atoms. The van der Waals surface area contributed by atoms with E-state index < -0.39 is 0 Å². The van der Waals surface area contributed by atoms with E-state index in [1.165, 1.54) is 17.5 Å². The quantitative estimate of drug-likeness (QED) is 0.618. The number of hydrogen-bond donors (Lipinski definition) is 2. The van der Waals surface area contributed by atoms with Gasteiger partial charge in [-0.25, -0.2) is 0 Å². The molecule has 0 saturated carbocycles. The van der Waals surface area contributed by atoms with Crippen molar-refractivity contribution in [3.63, 3.8) is 0 Å². The summed E-state index contributed by atoms with van der Waals surface area (Å²) in [5.41, 5.74) is 3.52. The van der Waals surface area contributed by atoms with Crippen LogP contribution in [-0.4, -0.2) is 11.7 Å². The van der Waals surface area contributed by atoms with Gasteiger partial charge in [-0.1, -0.05) is 13.0 Å². The van der Waals surface area contributed by atoms with Crippen LogP contribution in [0.1, 0.15) is 24.5 Å². The Balaban J connectivity index is 2.44. The highest BCUT2D eigenvalue weighted by molar-refractivity contribution is 5.64. The SMILES string of the molecule is Cc1ccc(O)c2c1CC[C@H](C)CN2. The number of rotatable bonds is 0. The maximum Gasteiger partial charge on any atom is 0.138 e. The van der Waals surface area contributed by atoms with Crippen molar-refractivity contribution in [1.82, 2.24) is 0 Å². The number of hydrogen-bond acceptors (Lipinski definition) is 2. The van der Waals surface area contributed by atoms with E-state index >= 15 is 0 Å². The topological polar surface area (TPSA) is 32.3 Å². The molecule has 2 rings (SSSR count). The van der Waals surface area contributed by atoms with Gasteiger partial charge in [0.2, 0.25) is 0 Å². The molecule has 0 amide bonds. The minimum Gasteiger partial charge on any atom is -0.506 e. The van der Waals surface area contributed by atoms with Crippen molar-refractivity contribution in [2.24, 2.45) is 5.92 Å². The van der Waals surface area contributed by atoms with E-state index in [1.807, 2.05) is 6.07 Å². The first-order chi connectivity index (χ1) is 6.68. The molecule has 0 aromatic heterocycles. The fourth-order valence-corrected chi connectivity index (χ4v) is 2.03. The largest absolute Gasteiger partial charge is 0.506 e. The molecule has 2 nitrogen and oxygen atoms in total. The fraction of sp³-hybridized carbons (Fsp3) is 0.500. The molecule has 0 spiro atoms. The second-order valence-corrected chi connectivity index (χ2v) is 4.28. The van der Waals surface area contributed by atoms with E-state index in [1.54, 1.807) is 6.07 Å². The Labute approximate surface area is 85.0 Å². The molecular weight excluding hydrogens is 174 g/mol. The summed E-state index contributed by atoms with van der Waals surface area (Å²) in [4.78, 5) is 0. The zero-order valence-corrected chi connectivity index (χ0v) is 8.80. The number of aryl methyl sites for hydroxylation is 1. The lowest BCUT2D eigenvalue weighted by Crippen LogP contribution is -2.08. The standard InChI is InChI=1S/C12H17NO/c1-8-3-5-10-9(2)4-6-11(14)12(10)13-7-8/h4,6,8,13-14H,3,5,7H2,1-2H3/t8-/m0/s1. The summed E-state index contributed by atoms with van der Waals surface area (Å²) in [7, 11) is 0. The van der Waals surface area contributed by atoms with Gasteiger partial charge in [0.25, 0.3) is 0 Å². The second kappa shape index (κ2) is 3.52. The first kappa shape index (κ1) is 9.38. The Kier molecular flexibility index (Phi) is 2.36. The summed E-state index contributed by atoms with van der Waals surface area (Å²) in [6.45, 7) is 5.31. The molecule has 1 aliphatic heterocycles. The molecule has 1 heterocycles. The van der Waals surface area contributed by atoms with Gasteiger partial charge in [0.05, 0.1) is 5.69 Å². The van der Waals surface area contributed by atoms with Crippen LogP contribution in [0.4, 0.5) is 5.69 Å². The predicted octanol–water partition coefficient (Wildman–Crippen LogP) is 2.69. The first-order valence-electron chi connectivity index (χ1n) is 5.24. The molecule has 1 atom stereocenters. The monoisotopic (exact) mass is 191 g/mol. The molecule has 1 aromatic rings. The van der Waals surface area contributed by atoms with E-state index in [0.717, 1.165) is 18.7 Å². The first-order valence-corrected chi connectivity index (χ1v) is 5.24. The van der Waals surface area contributed by atoms with Gasteiger partial charge < -0.3 is 10.4 Å². The zero-order chi connectivity index (χ0) is 10.1. The van der Waals surface area contributed by atoms with Crippen molar-refractivity contribution in [2.45, 2.75) is 26.7 Å². The average molecular weight is 191 g/mol. The number of benzene rings is 1. The lowest BCUT2D eigenvalue weighted by molar-refractivity contribution is 0.476. The zero-order valence-electron chi connectivity index (χ0n) is 8.80. The molecule has 76 valence electrons. The van der Waals surface area contributed by atoms with E-state index in [-0.39, 0.29) is 0 Å². The summed E-state index contributed by atoms with van der Waals surface area (Å²) >= 11 is 0. The summed E-state index contributed by atoms with van der Waals surface area (Å²) in [5.74, 6) is 1.07. The maximum atomic E-state index is 9.73. The summed E-state index contributed by atoms with van der Waals surface area (Å²) in [5, 5.41) is 13.1. The van der Waals surface area contributed by atoms with Gasteiger partial charge in [-0.05, 0) is 42.9 Å². The Morgan fingerprint density at radius 3 is 3.00 bits per heavy atom. The van der Waals surface area contributed by atoms with Crippen molar-refractivity contribution < 1.29 is 5.11 Å². The van der Waals surface area contributed by atoms with Crippen LogP contribution in [0.3, 0.4) is 0 Å². The van der Waals surface area contributed by atoms with Gasteiger partial charge in [0.1, 0.15) is 5.75 Å². The van der Waals surface area contributed by atoms with Crippen molar-refractivity contribution in [2.75, 3.05) is 11.9 Å². The van der Waals surface area contributed by atoms with Crippen molar-refractivity contribution >= 4 is 5.69 Å². The fourth-order valence-electron chi connectivity index (χ4n) is 2.03. The lowest BCUT2D eigenvalue weighted by atomic mass is 9.99. The molecule has 1 aliphatic rings. The molecule has 0 fully saturated rings. The lowest BCUT2D eigenvalue weighted by Gasteiger charge is -2.12. The van der Waals surface area contributed by atoms with Crippen LogP contribution < -0.4 is 5.32 Å². The second-order valence-electron chi connectivity index (χ2n) is 4.28. The average Bonchev–Trinajstić information content (AvgIpc) is 2.35. The molecule has 0 radical (unpaired) electrons. The van der Waals surface area contributed by atoms with Crippen LogP contribution in [0, 0.1) is 12.8 Å².